The van der Waals surface area contributed by atoms with Crippen molar-refractivity contribution in [1.29, 1.82) is 0 Å². The molecule has 32 heavy (non-hydrogen) atoms. The molecular formula is C26H36F2O4. The number of carbonyl (C=O) groups is 2. The van der Waals surface area contributed by atoms with Gasteiger partial charge in [-0.25, -0.2) is 4.79 Å². The van der Waals surface area contributed by atoms with Gasteiger partial charge in [-0.2, -0.15) is 8.78 Å². The Labute approximate surface area is 189 Å². The predicted octanol–water partition coefficient (Wildman–Crippen LogP) is 5.39. The molecule has 0 heterocycles. The topological polar surface area (TPSA) is 52.6 Å². The van der Waals surface area contributed by atoms with Crippen LogP contribution < -0.4 is 0 Å². The molecule has 7 rings (SSSR count). The summed E-state index contributed by atoms with van der Waals surface area (Å²) in [5, 5.41) is 0. The van der Waals surface area contributed by atoms with Crippen LogP contribution in [0.25, 0.3) is 0 Å². The monoisotopic (exact) mass is 450 g/mol. The van der Waals surface area contributed by atoms with E-state index in [0.717, 1.165) is 55.8 Å². The van der Waals surface area contributed by atoms with Crippen molar-refractivity contribution < 1.29 is 27.8 Å². The number of halogens is 2. The minimum atomic E-state index is -3.08. The molecule has 7 saturated carbocycles. The van der Waals surface area contributed by atoms with Crippen molar-refractivity contribution in [1.82, 2.24) is 0 Å². The summed E-state index contributed by atoms with van der Waals surface area (Å²) in [6.45, 7) is 2.42. The fraction of sp³-hybridized carbons (Fsp3) is 0.923. The zero-order valence-electron chi connectivity index (χ0n) is 19.1. The summed E-state index contributed by atoms with van der Waals surface area (Å²) in [7, 11) is 0. The molecule has 6 bridgehead atoms. The van der Waals surface area contributed by atoms with Gasteiger partial charge in [0.25, 0.3) is 0 Å². The Morgan fingerprint density at radius 2 is 1.66 bits per heavy atom. The van der Waals surface area contributed by atoms with E-state index >= 15 is 0 Å². The van der Waals surface area contributed by atoms with Crippen molar-refractivity contribution in [3.8, 4) is 0 Å². The summed E-state index contributed by atoms with van der Waals surface area (Å²) >= 11 is 0. The second kappa shape index (κ2) is 7.40. The van der Waals surface area contributed by atoms with Crippen molar-refractivity contribution >= 4 is 11.9 Å². The van der Waals surface area contributed by atoms with Gasteiger partial charge in [0.2, 0.25) is 0 Å². The van der Waals surface area contributed by atoms with Crippen LogP contribution in [0.4, 0.5) is 8.78 Å². The first-order valence-electron chi connectivity index (χ1n) is 12.9. The highest BCUT2D eigenvalue weighted by Gasteiger charge is 2.61. The highest BCUT2D eigenvalue weighted by molar-refractivity contribution is 5.72. The zero-order chi connectivity index (χ0) is 22.3. The molecule has 6 heteroatoms. The number of fused-ring (bicyclic) bond motifs is 5. The van der Waals surface area contributed by atoms with E-state index in [9.17, 15) is 18.4 Å². The maximum absolute atomic E-state index is 13.2. The lowest BCUT2D eigenvalue weighted by Gasteiger charge is -2.60. The van der Waals surface area contributed by atoms with Gasteiger partial charge >= 0.3 is 18.4 Å². The minimum Gasteiger partial charge on any atom is -0.461 e. The number of carbonyl (C=O) groups excluding carboxylic acids is 2. The van der Waals surface area contributed by atoms with Gasteiger partial charge in [-0.1, -0.05) is 6.92 Å². The van der Waals surface area contributed by atoms with Crippen molar-refractivity contribution in [2.24, 2.45) is 52.8 Å². The molecule has 0 N–H and O–H groups in total. The standard InChI is InChI=1S/C26H36F2O4/c1-14-2-19-17-5-18(20(6-17)21(19)3-14)7-22(29)32-26-10-15-4-16(11-26)9-25(8-15,12-26)13-31-24(30)23(27)28/h14-21,23H,2-13H2,1H3. The fourth-order valence-corrected chi connectivity index (χ4v) is 10.2. The van der Waals surface area contributed by atoms with Crippen LogP contribution >= 0.6 is 0 Å². The van der Waals surface area contributed by atoms with Gasteiger partial charge < -0.3 is 9.47 Å². The summed E-state index contributed by atoms with van der Waals surface area (Å²) in [6.07, 6.45) is 8.04. The maximum Gasteiger partial charge on any atom is 0.373 e. The summed E-state index contributed by atoms with van der Waals surface area (Å²) in [5.74, 6) is 3.98. The van der Waals surface area contributed by atoms with E-state index in [1.807, 2.05) is 0 Å². The summed E-state index contributed by atoms with van der Waals surface area (Å²) < 4.78 is 36.6. The first-order valence-corrected chi connectivity index (χ1v) is 12.9. The summed E-state index contributed by atoms with van der Waals surface area (Å²) in [4.78, 5) is 24.6. The average Bonchev–Trinajstić information content (AvgIpc) is 3.35. The molecule has 178 valence electrons. The minimum absolute atomic E-state index is 0.0378. The van der Waals surface area contributed by atoms with Gasteiger partial charge in [0.1, 0.15) is 5.60 Å². The Hall–Kier alpha value is -1.20. The third-order valence-corrected chi connectivity index (χ3v) is 10.4. The Bertz CT molecular complexity index is 783. The highest BCUT2D eigenvalue weighted by atomic mass is 19.3. The van der Waals surface area contributed by atoms with Crippen molar-refractivity contribution in [2.45, 2.75) is 89.6 Å². The van der Waals surface area contributed by atoms with E-state index in [4.69, 9.17) is 9.47 Å². The van der Waals surface area contributed by atoms with Crippen LogP contribution in [-0.2, 0) is 19.1 Å². The molecular weight excluding hydrogens is 414 g/mol. The molecule has 0 aromatic rings. The van der Waals surface area contributed by atoms with Gasteiger partial charge in [-0.15, -0.1) is 0 Å². The van der Waals surface area contributed by atoms with Crippen molar-refractivity contribution in [3.05, 3.63) is 0 Å². The van der Waals surface area contributed by atoms with Gasteiger partial charge in [0, 0.05) is 11.8 Å². The van der Waals surface area contributed by atoms with Crippen LogP contribution in [0.5, 0.6) is 0 Å². The molecule has 0 spiro atoms. The van der Waals surface area contributed by atoms with Gasteiger partial charge in [-0.3, -0.25) is 4.79 Å². The normalized spacial score (nSPS) is 50.1. The lowest BCUT2D eigenvalue weighted by Crippen LogP contribution is -2.58. The number of alkyl halides is 2. The molecule has 8 atom stereocenters. The highest BCUT2D eigenvalue weighted by Crippen LogP contribution is 2.64. The van der Waals surface area contributed by atoms with Crippen LogP contribution in [0.3, 0.4) is 0 Å². The molecule has 4 nitrogen and oxygen atoms in total. The van der Waals surface area contributed by atoms with Crippen LogP contribution in [0.2, 0.25) is 0 Å². The number of rotatable bonds is 6. The number of hydrogen-bond donors (Lipinski definition) is 0. The van der Waals surface area contributed by atoms with E-state index in [0.29, 0.717) is 36.5 Å². The molecule has 7 aliphatic carbocycles. The molecule has 0 aromatic heterocycles. The molecule has 7 aliphatic rings. The van der Waals surface area contributed by atoms with Crippen molar-refractivity contribution in [3.63, 3.8) is 0 Å². The van der Waals surface area contributed by atoms with Crippen LogP contribution in [0.1, 0.15) is 77.6 Å². The average molecular weight is 451 g/mol. The second-order valence-electron chi connectivity index (χ2n) is 12.8. The Morgan fingerprint density at radius 1 is 0.938 bits per heavy atom. The number of ether oxygens (including phenoxy) is 2. The third kappa shape index (κ3) is 3.50. The second-order valence-corrected chi connectivity index (χ2v) is 12.8. The zero-order valence-corrected chi connectivity index (χ0v) is 19.1. The SMILES string of the molecule is CC1CC2C3CC(CC(=O)OC45CC6CC(CC(COC(=O)C(F)F)(C6)C4)C5)C(C3)C2C1. The van der Waals surface area contributed by atoms with E-state index < -0.39 is 18.0 Å². The molecule has 0 radical (unpaired) electrons. The van der Waals surface area contributed by atoms with Gasteiger partial charge in [-0.05, 0) is 112 Å². The van der Waals surface area contributed by atoms with Gasteiger partial charge in [0.15, 0.2) is 0 Å². The number of esters is 2. The summed E-state index contributed by atoms with van der Waals surface area (Å²) in [5.41, 5.74) is -0.769. The van der Waals surface area contributed by atoms with E-state index in [1.54, 1.807) is 0 Å². The lowest BCUT2D eigenvalue weighted by molar-refractivity contribution is -0.213. The molecule has 0 amide bonds. The fourth-order valence-electron chi connectivity index (χ4n) is 10.2. The van der Waals surface area contributed by atoms with Crippen LogP contribution in [0.15, 0.2) is 0 Å². The first-order chi connectivity index (χ1) is 15.2. The molecule has 7 fully saturated rings. The quantitative estimate of drug-likeness (QED) is 0.510. The van der Waals surface area contributed by atoms with E-state index in [1.165, 1.54) is 25.7 Å². The van der Waals surface area contributed by atoms with Crippen LogP contribution in [-0.4, -0.2) is 30.6 Å². The van der Waals surface area contributed by atoms with Crippen molar-refractivity contribution in [2.75, 3.05) is 6.61 Å². The number of hydrogen-bond acceptors (Lipinski definition) is 4. The summed E-state index contributed by atoms with van der Waals surface area (Å²) in [6, 6.07) is 0. The molecule has 0 aliphatic heterocycles. The predicted molar refractivity (Wildman–Crippen MR) is 113 cm³/mol. The Balaban J connectivity index is 1.10. The molecule has 0 aromatic carbocycles. The largest absolute Gasteiger partial charge is 0.461 e. The first kappa shape index (κ1) is 21.3. The maximum atomic E-state index is 13.2. The van der Waals surface area contributed by atoms with Gasteiger partial charge in [0.05, 0.1) is 6.61 Å². The van der Waals surface area contributed by atoms with E-state index in [2.05, 4.69) is 6.92 Å². The third-order valence-electron chi connectivity index (χ3n) is 10.4. The Kier molecular flexibility index (Phi) is 4.93. The Morgan fingerprint density at radius 3 is 2.38 bits per heavy atom. The molecule has 8 unspecified atom stereocenters. The van der Waals surface area contributed by atoms with E-state index in [-0.39, 0.29) is 18.0 Å². The smallest absolute Gasteiger partial charge is 0.373 e. The molecule has 0 saturated heterocycles. The lowest BCUT2D eigenvalue weighted by atomic mass is 9.48. The van der Waals surface area contributed by atoms with Crippen LogP contribution in [0, 0.1) is 52.8 Å².